The van der Waals surface area contributed by atoms with E-state index in [1.54, 1.807) is 0 Å². The van der Waals surface area contributed by atoms with Gasteiger partial charge >= 0.3 is 11.7 Å². The number of nitro benzene ring substituents is 1. The number of carbonyl (C=O) groups excluding carboxylic acids is 2. The number of hydrogen-bond donors (Lipinski definition) is 0. The summed E-state index contributed by atoms with van der Waals surface area (Å²) in [5.74, 6) is -1.02. The summed E-state index contributed by atoms with van der Waals surface area (Å²) in [6.45, 7) is 1.16. The highest BCUT2D eigenvalue weighted by atomic mass is 79.9. The number of hydrogen-bond acceptors (Lipinski definition) is 6. The van der Waals surface area contributed by atoms with Crippen LogP contribution in [0.2, 0.25) is 0 Å². The number of nitrogens with zero attached hydrogens (tertiary/aromatic N) is 1. The van der Waals surface area contributed by atoms with Crippen molar-refractivity contribution in [3.05, 3.63) is 32.3 Å². The van der Waals surface area contributed by atoms with E-state index in [-0.39, 0.29) is 35.8 Å². The lowest BCUT2D eigenvalue weighted by atomic mass is 10.1. The van der Waals surface area contributed by atoms with Gasteiger partial charge in [-0.05, 0) is 13.0 Å². The van der Waals surface area contributed by atoms with Crippen LogP contribution < -0.4 is 4.74 Å². The number of ether oxygens (including phenoxy) is 2. The van der Waals surface area contributed by atoms with Gasteiger partial charge in [-0.25, -0.2) is 0 Å². The second kappa shape index (κ2) is 6.99. The van der Waals surface area contributed by atoms with Gasteiger partial charge in [-0.3, -0.25) is 19.7 Å². The van der Waals surface area contributed by atoms with E-state index >= 15 is 0 Å². The molecule has 0 bridgehead atoms. The zero-order chi connectivity index (χ0) is 15.3. The van der Waals surface area contributed by atoms with E-state index in [9.17, 15) is 19.7 Å². The highest BCUT2D eigenvalue weighted by Gasteiger charge is 2.23. The van der Waals surface area contributed by atoms with E-state index in [1.807, 2.05) is 0 Å². The van der Waals surface area contributed by atoms with Crippen molar-refractivity contribution in [3.8, 4) is 5.75 Å². The fraction of sp³-hybridized carbons (Fsp3) is 0.333. The average Bonchev–Trinajstić information content (AvgIpc) is 2.38. The van der Waals surface area contributed by atoms with E-state index < -0.39 is 10.9 Å². The zero-order valence-electron chi connectivity index (χ0n) is 10.8. The van der Waals surface area contributed by atoms with E-state index in [4.69, 9.17) is 4.74 Å². The van der Waals surface area contributed by atoms with Gasteiger partial charge in [0.2, 0.25) is 5.75 Å². The van der Waals surface area contributed by atoms with Crippen molar-refractivity contribution < 1.29 is 24.0 Å². The average molecular weight is 346 g/mol. The van der Waals surface area contributed by atoms with Gasteiger partial charge in [0.05, 0.1) is 30.6 Å². The van der Waals surface area contributed by atoms with Crippen molar-refractivity contribution in [1.82, 2.24) is 0 Å². The molecule has 0 radical (unpaired) electrons. The summed E-state index contributed by atoms with van der Waals surface area (Å²) >= 11 is 3.10. The lowest BCUT2D eigenvalue weighted by Crippen LogP contribution is -2.10. The Balaban J connectivity index is 3.10. The Morgan fingerprint density at radius 3 is 2.55 bits per heavy atom. The summed E-state index contributed by atoms with van der Waals surface area (Å²) < 4.78 is 10.1. The molecule has 0 aliphatic rings. The smallest absolute Gasteiger partial charge is 0.312 e. The number of carbonyl (C=O) groups is 2. The Kier molecular flexibility index (Phi) is 5.63. The maximum Gasteiger partial charge on any atom is 0.312 e. The number of ketones is 1. The van der Waals surface area contributed by atoms with Crippen LogP contribution in [0.1, 0.15) is 23.7 Å². The molecule has 0 fully saturated rings. The second-order valence-corrected chi connectivity index (χ2v) is 4.71. The maximum absolute atomic E-state index is 11.5. The molecule has 7 nitrogen and oxygen atoms in total. The van der Waals surface area contributed by atoms with Crippen LogP contribution in [-0.4, -0.2) is 30.4 Å². The van der Waals surface area contributed by atoms with Crippen molar-refractivity contribution in [2.24, 2.45) is 0 Å². The first-order valence-electron chi connectivity index (χ1n) is 5.55. The molecule has 0 saturated heterocycles. The predicted octanol–water partition coefficient (Wildman–Crippen LogP) is 2.50. The Hall–Kier alpha value is -1.96. The minimum Gasteiger partial charge on any atom is -0.486 e. The molecule has 0 aromatic heterocycles. The van der Waals surface area contributed by atoms with Gasteiger partial charge in [0.15, 0.2) is 5.78 Å². The van der Waals surface area contributed by atoms with Crippen molar-refractivity contribution in [3.63, 3.8) is 0 Å². The third-order valence-corrected chi connectivity index (χ3v) is 2.85. The van der Waals surface area contributed by atoms with Crippen LogP contribution in [-0.2, 0) is 9.53 Å². The summed E-state index contributed by atoms with van der Waals surface area (Å²) in [7, 11) is 1.23. The minimum atomic E-state index is -0.648. The molecular weight excluding hydrogens is 334 g/mol. The van der Waals surface area contributed by atoms with Gasteiger partial charge in [-0.15, -0.1) is 0 Å². The number of methoxy groups -OCH3 is 1. The molecule has 0 unspecified atom stereocenters. The topological polar surface area (TPSA) is 95.7 Å². The molecule has 0 amide bonds. The molecule has 20 heavy (non-hydrogen) atoms. The third-order valence-electron chi connectivity index (χ3n) is 2.39. The third kappa shape index (κ3) is 4.02. The Morgan fingerprint density at radius 1 is 1.40 bits per heavy atom. The van der Waals surface area contributed by atoms with Crippen LogP contribution in [0.25, 0.3) is 0 Å². The molecule has 1 rings (SSSR count). The normalized spacial score (nSPS) is 9.95. The summed E-state index contributed by atoms with van der Waals surface area (Å²) in [6, 6.07) is 2.67. The summed E-state index contributed by atoms with van der Waals surface area (Å²) in [4.78, 5) is 32.9. The van der Waals surface area contributed by atoms with Gasteiger partial charge in [-0.1, -0.05) is 15.9 Å². The second-order valence-electron chi connectivity index (χ2n) is 3.79. The van der Waals surface area contributed by atoms with Gasteiger partial charge in [-0.2, -0.15) is 0 Å². The first-order valence-corrected chi connectivity index (χ1v) is 6.34. The quantitative estimate of drug-likeness (QED) is 0.340. The number of esters is 1. The Bertz CT molecular complexity index is 522. The molecule has 0 spiro atoms. The summed E-state index contributed by atoms with van der Waals surface area (Å²) in [5.41, 5.74) is -0.259. The molecule has 8 heteroatoms. The molecule has 108 valence electrons. The number of halogens is 1. The lowest BCUT2D eigenvalue weighted by molar-refractivity contribution is -0.386. The first kappa shape index (κ1) is 16.1. The minimum absolute atomic E-state index is 0.0684. The van der Waals surface area contributed by atoms with Crippen LogP contribution in [0.15, 0.2) is 16.6 Å². The Morgan fingerprint density at radius 2 is 2.05 bits per heavy atom. The van der Waals surface area contributed by atoms with Gasteiger partial charge in [0, 0.05) is 10.5 Å². The van der Waals surface area contributed by atoms with E-state index in [0.717, 1.165) is 0 Å². The summed E-state index contributed by atoms with van der Waals surface area (Å²) in [5, 5.41) is 11.0. The Labute approximate surface area is 123 Å². The first-order chi connectivity index (χ1) is 9.36. The van der Waals surface area contributed by atoms with Crippen molar-refractivity contribution in [2.45, 2.75) is 13.3 Å². The predicted molar refractivity (Wildman–Crippen MR) is 72.9 cm³/mol. The highest BCUT2D eigenvalue weighted by Crippen LogP contribution is 2.35. The standard InChI is InChI=1S/C12H12BrNO6/c1-7(15)9-5-8(13)6-10(14(17)18)12(9)20-4-3-11(16)19-2/h5-6H,3-4H2,1-2H3. The highest BCUT2D eigenvalue weighted by molar-refractivity contribution is 9.10. The van der Waals surface area contributed by atoms with Crippen molar-refractivity contribution in [2.75, 3.05) is 13.7 Å². The zero-order valence-corrected chi connectivity index (χ0v) is 12.4. The molecule has 0 aliphatic carbocycles. The van der Waals surface area contributed by atoms with E-state index in [2.05, 4.69) is 20.7 Å². The van der Waals surface area contributed by atoms with Crippen LogP contribution in [0, 0.1) is 10.1 Å². The summed E-state index contributed by atoms with van der Waals surface area (Å²) in [6.07, 6.45) is -0.0684. The lowest BCUT2D eigenvalue weighted by Gasteiger charge is -2.10. The molecule has 0 N–H and O–H groups in total. The van der Waals surface area contributed by atoms with Crippen LogP contribution in [0.5, 0.6) is 5.75 Å². The number of benzene rings is 1. The van der Waals surface area contributed by atoms with Gasteiger partial charge in [0.1, 0.15) is 0 Å². The molecule has 1 aromatic rings. The number of rotatable bonds is 6. The fourth-order valence-electron chi connectivity index (χ4n) is 1.47. The largest absolute Gasteiger partial charge is 0.486 e. The van der Waals surface area contributed by atoms with Crippen LogP contribution in [0.3, 0.4) is 0 Å². The van der Waals surface area contributed by atoms with E-state index in [1.165, 1.54) is 26.2 Å². The molecule has 0 aliphatic heterocycles. The van der Waals surface area contributed by atoms with Gasteiger partial charge < -0.3 is 9.47 Å². The van der Waals surface area contributed by atoms with Crippen LogP contribution in [0.4, 0.5) is 5.69 Å². The molecule has 1 aromatic carbocycles. The number of nitro groups is 1. The van der Waals surface area contributed by atoms with Gasteiger partial charge in [0.25, 0.3) is 0 Å². The van der Waals surface area contributed by atoms with Crippen molar-refractivity contribution in [1.29, 1.82) is 0 Å². The molecular formula is C12H12BrNO6. The van der Waals surface area contributed by atoms with Crippen molar-refractivity contribution >= 4 is 33.4 Å². The van der Waals surface area contributed by atoms with Crippen LogP contribution >= 0.6 is 15.9 Å². The molecule has 0 heterocycles. The maximum atomic E-state index is 11.5. The monoisotopic (exact) mass is 345 g/mol. The fourth-order valence-corrected chi connectivity index (χ4v) is 1.91. The number of Topliss-reactive ketones (excluding diaryl/α,β-unsaturated/α-hetero) is 1. The molecule has 0 atom stereocenters. The van der Waals surface area contributed by atoms with E-state index in [0.29, 0.717) is 4.47 Å². The molecule has 0 saturated carbocycles. The SMILES string of the molecule is COC(=O)CCOc1c(C(C)=O)cc(Br)cc1[N+](=O)[O-].